The van der Waals surface area contributed by atoms with Gasteiger partial charge in [0.05, 0.1) is 12.4 Å². The predicted molar refractivity (Wildman–Crippen MR) is 42.9 cm³/mol. The summed E-state index contributed by atoms with van der Waals surface area (Å²) in [5, 5.41) is 19.4. The largest absolute Gasteiger partial charge is 0.480 e. The maximum Gasteiger partial charge on any atom is 0.412 e. The van der Waals surface area contributed by atoms with Crippen LogP contribution in [0.4, 0.5) is 4.79 Å². The van der Waals surface area contributed by atoms with Gasteiger partial charge in [-0.25, -0.2) is 9.59 Å². The first-order chi connectivity index (χ1) is 5.99. The van der Waals surface area contributed by atoms with Gasteiger partial charge >= 0.3 is 12.1 Å². The molecule has 13 heavy (non-hydrogen) atoms. The topological polar surface area (TPSA) is 95.9 Å². The van der Waals surface area contributed by atoms with E-state index in [0.29, 0.717) is 0 Å². The highest BCUT2D eigenvalue weighted by molar-refractivity contribution is 5.80. The number of nitrogens with one attached hydrogen (secondary N) is 1. The number of hydrogen-bond donors (Lipinski definition) is 3. The number of carboxylic acids is 1. The van der Waals surface area contributed by atoms with Crippen LogP contribution in [-0.2, 0) is 9.53 Å². The fraction of sp³-hybridized carbons (Fsp3) is 0.429. The molecule has 0 radical (unpaired) electrons. The highest BCUT2D eigenvalue weighted by Crippen LogP contribution is 1.93. The van der Waals surface area contributed by atoms with E-state index in [1.165, 1.54) is 6.92 Å². The minimum Gasteiger partial charge on any atom is -0.480 e. The Morgan fingerprint density at radius 3 is 2.46 bits per heavy atom. The Bertz CT molecular complexity index is 213. The zero-order valence-corrected chi connectivity index (χ0v) is 7.06. The average Bonchev–Trinajstić information content (AvgIpc) is 1.99. The normalized spacial score (nSPS) is 14.0. The molecule has 0 spiro atoms. The lowest BCUT2D eigenvalue weighted by molar-refractivity contribution is -0.141. The highest BCUT2D eigenvalue weighted by atomic mass is 16.5. The molecule has 0 aliphatic carbocycles. The summed E-state index contributed by atoms with van der Waals surface area (Å²) in [6, 6.07) is -1.38. The summed E-state index contributed by atoms with van der Waals surface area (Å²) in [6.07, 6.45) is -1.31. The molecule has 0 saturated heterocycles. The van der Waals surface area contributed by atoms with Gasteiger partial charge in [0.2, 0.25) is 0 Å². The number of hydrogen-bond acceptors (Lipinski definition) is 4. The number of alkyl carbamates (subject to hydrolysis) is 1. The van der Waals surface area contributed by atoms with Crippen LogP contribution in [-0.4, -0.2) is 34.4 Å². The van der Waals surface area contributed by atoms with Crippen molar-refractivity contribution >= 4 is 12.1 Å². The molecule has 2 atom stereocenters. The molecular formula is C7H11NO5. The Balaban J connectivity index is 4.18. The van der Waals surface area contributed by atoms with Gasteiger partial charge in [0.25, 0.3) is 0 Å². The van der Waals surface area contributed by atoms with E-state index in [9.17, 15) is 9.59 Å². The minimum absolute atomic E-state index is 0.857. The summed E-state index contributed by atoms with van der Waals surface area (Å²) < 4.78 is 4.21. The standard InChI is InChI=1S/C7H11NO5/c1-3-13-7(12)8-5(4(2)9)6(10)11/h3-5,9H,1H2,2H3,(H,8,12)(H,10,11)/t4?,5-/m0/s1. The van der Waals surface area contributed by atoms with Crippen molar-refractivity contribution in [1.29, 1.82) is 0 Å². The molecule has 3 N–H and O–H groups in total. The Kier molecular flexibility index (Phi) is 4.53. The number of aliphatic carboxylic acids is 1. The maximum absolute atomic E-state index is 10.7. The molecule has 1 unspecified atom stereocenters. The quantitative estimate of drug-likeness (QED) is 0.527. The Hall–Kier alpha value is -1.56. The van der Waals surface area contributed by atoms with Gasteiger partial charge in [-0.15, -0.1) is 0 Å². The summed E-state index contributed by atoms with van der Waals surface area (Å²) in [5.74, 6) is -1.34. The molecule has 0 saturated carbocycles. The van der Waals surface area contributed by atoms with Crippen molar-refractivity contribution < 1.29 is 24.5 Å². The number of ether oxygens (including phenoxy) is 1. The zero-order valence-electron chi connectivity index (χ0n) is 7.06. The molecule has 0 aromatic rings. The van der Waals surface area contributed by atoms with Crippen molar-refractivity contribution in [3.8, 4) is 0 Å². The number of carbonyl (C=O) groups excluding carboxylic acids is 1. The third-order valence-corrected chi connectivity index (χ3v) is 1.21. The van der Waals surface area contributed by atoms with E-state index in [-0.39, 0.29) is 0 Å². The first-order valence-corrected chi connectivity index (χ1v) is 3.48. The van der Waals surface area contributed by atoms with Gasteiger partial charge in [-0.3, -0.25) is 0 Å². The van der Waals surface area contributed by atoms with Gasteiger partial charge in [-0.1, -0.05) is 6.58 Å². The second-order valence-corrected chi connectivity index (χ2v) is 2.27. The van der Waals surface area contributed by atoms with E-state index in [2.05, 4.69) is 11.3 Å². The average molecular weight is 189 g/mol. The number of carbonyl (C=O) groups is 2. The molecule has 0 aliphatic rings. The van der Waals surface area contributed by atoms with E-state index in [0.717, 1.165) is 6.26 Å². The SMILES string of the molecule is C=COC(=O)N[C@H](C(=O)O)C(C)O. The van der Waals surface area contributed by atoms with Crippen LogP contribution in [0.25, 0.3) is 0 Å². The van der Waals surface area contributed by atoms with Crippen molar-refractivity contribution in [2.24, 2.45) is 0 Å². The second kappa shape index (κ2) is 5.15. The van der Waals surface area contributed by atoms with Crippen LogP contribution in [0.2, 0.25) is 0 Å². The molecule has 0 heterocycles. The monoisotopic (exact) mass is 189 g/mol. The van der Waals surface area contributed by atoms with Gasteiger partial charge in [-0.05, 0) is 6.92 Å². The van der Waals surface area contributed by atoms with Crippen LogP contribution in [0.15, 0.2) is 12.8 Å². The van der Waals surface area contributed by atoms with Crippen LogP contribution in [0.1, 0.15) is 6.92 Å². The van der Waals surface area contributed by atoms with Crippen LogP contribution in [0.5, 0.6) is 0 Å². The molecule has 1 amide bonds. The first-order valence-electron chi connectivity index (χ1n) is 3.48. The van der Waals surface area contributed by atoms with Gasteiger partial charge in [0, 0.05) is 0 Å². The van der Waals surface area contributed by atoms with E-state index in [4.69, 9.17) is 10.2 Å². The smallest absolute Gasteiger partial charge is 0.412 e. The molecule has 0 bridgehead atoms. The maximum atomic E-state index is 10.7. The van der Waals surface area contributed by atoms with Crippen LogP contribution < -0.4 is 5.32 Å². The third kappa shape index (κ3) is 4.12. The van der Waals surface area contributed by atoms with E-state index < -0.39 is 24.2 Å². The summed E-state index contributed by atoms with van der Waals surface area (Å²) in [4.78, 5) is 21.1. The molecular weight excluding hydrogens is 178 g/mol. The molecule has 0 aromatic heterocycles. The van der Waals surface area contributed by atoms with Crippen molar-refractivity contribution in [3.05, 3.63) is 12.8 Å². The van der Waals surface area contributed by atoms with Crippen molar-refractivity contribution in [2.75, 3.05) is 0 Å². The lowest BCUT2D eigenvalue weighted by atomic mass is 10.2. The zero-order chi connectivity index (χ0) is 10.4. The van der Waals surface area contributed by atoms with Crippen molar-refractivity contribution in [3.63, 3.8) is 0 Å². The number of rotatable bonds is 4. The molecule has 74 valence electrons. The van der Waals surface area contributed by atoms with Crippen LogP contribution in [0.3, 0.4) is 0 Å². The molecule has 0 aromatic carbocycles. The fourth-order valence-electron chi connectivity index (χ4n) is 0.625. The predicted octanol–water partition coefficient (Wildman–Crippen LogP) is -0.310. The molecule has 0 aliphatic heterocycles. The number of aliphatic hydroxyl groups is 1. The number of aliphatic hydroxyl groups excluding tert-OH is 1. The molecule has 6 nitrogen and oxygen atoms in total. The Labute approximate surface area is 74.8 Å². The lowest BCUT2D eigenvalue weighted by Crippen LogP contribution is -2.47. The van der Waals surface area contributed by atoms with Gasteiger partial charge in [0.15, 0.2) is 6.04 Å². The van der Waals surface area contributed by atoms with Gasteiger partial charge in [-0.2, -0.15) is 0 Å². The number of amides is 1. The molecule has 0 fully saturated rings. The number of carboxylic acid groups (broad SMARTS) is 1. The fourth-order valence-corrected chi connectivity index (χ4v) is 0.625. The molecule has 0 rings (SSSR count). The Morgan fingerprint density at radius 1 is 1.62 bits per heavy atom. The van der Waals surface area contributed by atoms with E-state index in [1.807, 2.05) is 5.32 Å². The first kappa shape index (κ1) is 11.4. The Morgan fingerprint density at radius 2 is 2.15 bits per heavy atom. The molecule has 6 heteroatoms. The lowest BCUT2D eigenvalue weighted by Gasteiger charge is -2.15. The summed E-state index contributed by atoms with van der Waals surface area (Å²) >= 11 is 0. The third-order valence-electron chi connectivity index (χ3n) is 1.21. The second-order valence-electron chi connectivity index (χ2n) is 2.27. The van der Waals surface area contributed by atoms with Crippen molar-refractivity contribution in [2.45, 2.75) is 19.1 Å². The van der Waals surface area contributed by atoms with Crippen molar-refractivity contribution in [1.82, 2.24) is 5.32 Å². The van der Waals surface area contributed by atoms with Crippen LogP contribution in [0, 0.1) is 0 Å². The minimum atomic E-state index is -1.38. The van der Waals surface area contributed by atoms with Crippen LogP contribution >= 0.6 is 0 Å². The summed E-state index contributed by atoms with van der Waals surface area (Å²) in [6.45, 7) is 4.35. The summed E-state index contributed by atoms with van der Waals surface area (Å²) in [5.41, 5.74) is 0. The van der Waals surface area contributed by atoms with E-state index >= 15 is 0 Å². The van der Waals surface area contributed by atoms with Gasteiger partial charge in [0.1, 0.15) is 0 Å². The highest BCUT2D eigenvalue weighted by Gasteiger charge is 2.25. The van der Waals surface area contributed by atoms with Gasteiger partial charge < -0.3 is 20.3 Å². The van der Waals surface area contributed by atoms with E-state index in [1.54, 1.807) is 0 Å². The summed E-state index contributed by atoms with van der Waals surface area (Å²) in [7, 11) is 0.